The smallest absolute Gasteiger partial charge is 0.240 e. The largest absolute Gasteiger partial charge is 0.367 e. The normalized spacial score (nSPS) is 30.4. The van der Waals surface area contributed by atoms with Gasteiger partial charge < -0.3 is 9.64 Å². The second-order valence-corrected chi connectivity index (χ2v) is 6.51. The van der Waals surface area contributed by atoms with Crippen molar-refractivity contribution in [3.8, 4) is 0 Å². The number of carbonyl (C=O) groups is 1. The first kappa shape index (κ1) is 13.9. The fourth-order valence-corrected chi connectivity index (χ4v) is 3.73. The van der Waals surface area contributed by atoms with Crippen molar-refractivity contribution in [2.75, 3.05) is 31.3 Å². The first-order chi connectivity index (χ1) is 9.69. The highest BCUT2D eigenvalue weighted by Crippen LogP contribution is 2.29. The average Bonchev–Trinajstić information content (AvgIpc) is 3.02. The number of rotatable bonds is 2. The quantitative estimate of drug-likeness (QED) is 0.895. The molecule has 3 rings (SSSR count). The lowest BCUT2D eigenvalue weighted by Crippen LogP contribution is -2.54. The number of nitrogens with zero attached hydrogens (tertiary/aromatic N) is 1. The maximum atomic E-state index is 12.5. The molecule has 1 unspecified atom stereocenters. The molecule has 1 aromatic rings. The van der Waals surface area contributed by atoms with Gasteiger partial charge in [0.1, 0.15) is 5.60 Å². The van der Waals surface area contributed by atoms with Crippen LogP contribution in [0.1, 0.15) is 12.5 Å². The lowest BCUT2D eigenvalue weighted by Gasteiger charge is -2.41. The number of amides is 1. The van der Waals surface area contributed by atoms with Crippen molar-refractivity contribution in [1.29, 1.82) is 0 Å². The summed E-state index contributed by atoms with van der Waals surface area (Å²) < 4.78 is 5.98. The monoisotopic (exact) mass is 292 g/mol. The number of thioether (sulfide) groups is 1. The molecule has 2 aliphatic rings. The lowest BCUT2D eigenvalue weighted by atomic mass is 9.93. The molecule has 108 valence electrons. The third-order valence-corrected chi connectivity index (χ3v) is 4.92. The van der Waals surface area contributed by atoms with Gasteiger partial charge in [0.15, 0.2) is 0 Å². The van der Waals surface area contributed by atoms with Crippen LogP contribution in [-0.2, 0) is 15.1 Å². The molecule has 0 radical (unpaired) electrons. The summed E-state index contributed by atoms with van der Waals surface area (Å²) in [5.74, 6) is 1.95. The first-order valence-electron chi connectivity index (χ1n) is 6.98. The molecule has 1 aromatic carbocycles. The number of nitrogens with one attached hydrogen (secondary N) is 1. The van der Waals surface area contributed by atoms with Crippen LogP contribution >= 0.6 is 11.8 Å². The van der Waals surface area contributed by atoms with Gasteiger partial charge in [0.25, 0.3) is 0 Å². The Morgan fingerprint density at radius 1 is 1.45 bits per heavy atom. The van der Waals surface area contributed by atoms with Crippen LogP contribution < -0.4 is 5.32 Å². The van der Waals surface area contributed by atoms with Gasteiger partial charge in [0, 0.05) is 18.2 Å². The minimum atomic E-state index is -0.402. The van der Waals surface area contributed by atoms with Gasteiger partial charge in [0.05, 0.1) is 19.2 Å². The van der Waals surface area contributed by atoms with Gasteiger partial charge >= 0.3 is 0 Å². The van der Waals surface area contributed by atoms with Gasteiger partial charge in [-0.2, -0.15) is 0 Å². The van der Waals surface area contributed by atoms with E-state index in [2.05, 4.69) is 24.4 Å². The Morgan fingerprint density at radius 2 is 2.25 bits per heavy atom. The molecule has 0 bridgehead atoms. The highest BCUT2D eigenvalue weighted by atomic mass is 32.2. The van der Waals surface area contributed by atoms with E-state index in [1.54, 1.807) is 11.8 Å². The lowest BCUT2D eigenvalue weighted by molar-refractivity contribution is -0.151. The zero-order valence-electron chi connectivity index (χ0n) is 11.7. The standard InChI is InChI=1S/C15H20N2O2S/c1-15(12-5-3-2-4-6-12)10-17(7-8-19-15)14(18)13-9-20-11-16-13/h2-6,13,16H,7-11H2,1H3/t13-,15?/m1/s1. The van der Waals surface area contributed by atoms with E-state index in [0.29, 0.717) is 19.7 Å². The van der Waals surface area contributed by atoms with Crippen LogP contribution in [0.4, 0.5) is 0 Å². The van der Waals surface area contributed by atoms with Crippen LogP contribution in [0, 0.1) is 0 Å². The third-order valence-electron chi connectivity index (χ3n) is 3.98. The molecule has 20 heavy (non-hydrogen) atoms. The van der Waals surface area contributed by atoms with Crippen LogP contribution in [0.25, 0.3) is 0 Å². The number of benzene rings is 1. The van der Waals surface area contributed by atoms with Gasteiger partial charge in [0.2, 0.25) is 5.91 Å². The molecular formula is C15H20N2O2S. The van der Waals surface area contributed by atoms with Crippen LogP contribution in [0.2, 0.25) is 0 Å². The molecule has 0 aromatic heterocycles. The minimum absolute atomic E-state index is 0.0295. The number of hydrogen-bond acceptors (Lipinski definition) is 4. The molecule has 0 spiro atoms. The summed E-state index contributed by atoms with van der Waals surface area (Å²) >= 11 is 1.78. The molecule has 1 amide bonds. The Morgan fingerprint density at radius 3 is 2.95 bits per heavy atom. The Balaban J connectivity index is 1.74. The molecule has 2 aliphatic heterocycles. The Bertz CT molecular complexity index is 476. The zero-order valence-corrected chi connectivity index (χ0v) is 12.5. The molecule has 2 saturated heterocycles. The van der Waals surface area contributed by atoms with E-state index in [4.69, 9.17) is 4.74 Å². The van der Waals surface area contributed by atoms with Gasteiger partial charge in [-0.25, -0.2) is 0 Å². The highest BCUT2D eigenvalue weighted by Gasteiger charge is 2.38. The minimum Gasteiger partial charge on any atom is -0.367 e. The Kier molecular flexibility index (Phi) is 4.01. The van der Waals surface area contributed by atoms with Crippen molar-refractivity contribution in [3.63, 3.8) is 0 Å². The summed E-state index contributed by atoms with van der Waals surface area (Å²) in [5, 5.41) is 3.25. The van der Waals surface area contributed by atoms with Crippen LogP contribution in [0.3, 0.4) is 0 Å². The van der Waals surface area contributed by atoms with E-state index >= 15 is 0 Å². The second-order valence-electron chi connectivity index (χ2n) is 5.48. The van der Waals surface area contributed by atoms with Crippen molar-refractivity contribution in [3.05, 3.63) is 35.9 Å². The van der Waals surface area contributed by atoms with Crippen LogP contribution in [0.15, 0.2) is 30.3 Å². The van der Waals surface area contributed by atoms with E-state index < -0.39 is 5.60 Å². The molecule has 0 saturated carbocycles. The van der Waals surface area contributed by atoms with Gasteiger partial charge in [-0.1, -0.05) is 30.3 Å². The fraction of sp³-hybridized carbons (Fsp3) is 0.533. The predicted molar refractivity (Wildman–Crippen MR) is 80.6 cm³/mol. The van der Waals surface area contributed by atoms with Crippen molar-refractivity contribution in [2.45, 2.75) is 18.6 Å². The number of ether oxygens (including phenoxy) is 1. The molecule has 0 aliphatic carbocycles. The van der Waals surface area contributed by atoms with E-state index in [9.17, 15) is 4.79 Å². The van der Waals surface area contributed by atoms with E-state index in [1.807, 2.05) is 23.1 Å². The van der Waals surface area contributed by atoms with Crippen molar-refractivity contribution in [2.24, 2.45) is 0 Å². The molecule has 1 N–H and O–H groups in total. The van der Waals surface area contributed by atoms with Gasteiger partial charge in [-0.15, -0.1) is 11.8 Å². The molecule has 2 atom stereocenters. The molecule has 5 heteroatoms. The first-order valence-corrected chi connectivity index (χ1v) is 8.14. The maximum absolute atomic E-state index is 12.5. The SMILES string of the molecule is CC1(c2ccccc2)CN(C(=O)[C@H]2CSCN2)CCO1. The van der Waals surface area contributed by atoms with Crippen molar-refractivity contribution >= 4 is 17.7 Å². The summed E-state index contributed by atoms with van der Waals surface area (Å²) in [7, 11) is 0. The summed E-state index contributed by atoms with van der Waals surface area (Å²) in [5.41, 5.74) is 0.729. The highest BCUT2D eigenvalue weighted by molar-refractivity contribution is 7.99. The predicted octanol–water partition coefficient (Wildman–Crippen LogP) is 1.42. The molecule has 2 heterocycles. The average molecular weight is 292 g/mol. The molecule has 2 fully saturated rings. The van der Waals surface area contributed by atoms with E-state index in [1.165, 1.54) is 0 Å². The Hall–Kier alpha value is -1.04. The zero-order chi connectivity index (χ0) is 14.0. The Labute approximate surface area is 123 Å². The summed E-state index contributed by atoms with van der Waals surface area (Å²) in [6.07, 6.45) is 0. The topological polar surface area (TPSA) is 41.6 Å². The van der Waals surface area contributed by atoms with E-state index in [0.717, 1.165) is 17.2 Å². The van der Waals surface area contributed by atoms with Gasteiger partial charge in [-0.05, 0) is 12.5 Å². The van der Waals surface area contributed by atoms with Crippen molar-refractivity contribution in [1.82, 2.24) is 10.2 Å². The van der Waals surface area contributed by atoms with E-state index in [-0.39, 0.29) is 11.9 Å². The number of carbonyl (C=O) groups excluding carboxylic acids is 1. The number of morpholine rings is 1. The summed E-state index contributed by atoms with van der Waals surface area (Å²) in [4.78, 5) is 14.5. The van der Waals surface area contributed by atoms with Crippen LogP contribution in [0.5, 0.6) is 0 Å². The summed E-state index contributed by atoms with van der Waals surface area (Å²) in [6.45, 7) is 3.97. The van der Waals surface area contributed by atoms with Crippen molar-refractivity contribution < 1.29 is 9.53 Å². The van der Waals surface area contributed by atoms with Gasteiger partial charge in [-0.3, -0.25) is 10.1 Å². The van der Waals surface area contributed by atoms with Crippen LogP contribution in [-0.4, -0.2) is 48.2 Å². The third kappa shape index (κ3) is 2.71. The second kappa shape index (κ2) is 5.76. The molecular weight excluding hydrogens is 272 g/mol. The fourth-order valence-electron chi connectivity index (χ4n) is 2.80. The molecule has 4 nitrogen and oxygen atoms in total. The summed E-state index contributed by atoms with van der Waals surface area (Å²) in [6, 6.07) is 10.1. The maximum Gasteiger partial charge on any atom is 0.240 e. The number of hydrogen-bond donors (Lipinski definition) is 1.